The second-order valence-corrected chi connectivity index (χ2v) is 7.86. The van der Waals surface area contributed by atoms with Gasteiger partial charge in [-0.25, -0.2) is 13.2 Å². The van der Waals surface area contributed by atoms with E-state index in [1.807, 2.05) is 0 Å². The molecule has 6 nitrogen and oxygen atoms in total. The molecule has 0 aliphatic heterocycles. The minimum absolute atomic E-state index is 0.0244. The summed E-state index contributed by atoms with van der Waals surface area (Å²) in [5.74, 6) is -0.827. The van der Waals surface area contributed by atoms with Crippen LogP contribution in [0.15, 0.2) is 60.0 Å². The minimum Gasteiger partial charge on any atom is -0.447 e. The van der Waals surface area contributed by atoms with Gasteiger partial charge in [0, 0.05) is 5.02 Å². The first-order valence-electron chi connectivity index (χ1n) is 7.54. The molecule has 0 atom stereocenters. The summed E-state index contributed by atoms with van der Waals surface area (Å²) in [6, 6.07) is 11.6. The highest BCUT2D eigenvalue weighted by atomic mass is 35.5. The standard InChI is InChI=1S/C18H14Cl2N2O4S/c1-2-10-22(15-6-4-14(19)5-7-15)27(24,25)17-12-13(3-8-16(17)20)18(23)26-11-9-21/h2-8,12H,1,10-11H2. The van der Waals surface area contributed by atoms with E-state index in [1.165, 1.54) is 18.2 Å². The van der Waals surface area contributed by atoms with Gasteiger partial charge in [0.1, 0.15) is 11.0 Å². The van der Waals surface area contributed by atoms with Crippen molar-refractivity contribution in [2.45, 2.75) is 4.90 Å². The van der Waals surface area contributed by atoms with Crippen molar-refractivity contribution in [3.63, 3.8) is 0 Å². The van der Waals surface area contributed by atoms with E-state index in [1.54, 1.807) is 30.3 Å². The average molecular weight is 425 g/mol. The number of anilines is 1. The number of halogens is 2. The van der Waals surface area contributed by atoms with Crippen molar-refractivity contribution in [1.29, 1.82) is 5.26 Å². The number of carbonyl (C=O) groups excluding carboxylic acids is 1. The van der Waals surface area contributed by atoms with Crippen LogP contribution in [0.3, 0.4) is 0 Å². The molecule has 0 heterocycles. The molecule has 140 valence electrons. The molecule has 0 unspecified atom stereocenters. The Labute approximate surface area is 167 Å². The first kappa shape index (κ1) is 20.8. The predicted octanol–water partition coefficient (Wildman–Crippen LogP) is 4.06. The van der Waals surface area contributed by atoms with Gasteiger partial charge in [0.25, 0.3) is 10.0 Å². The summed E-state index contributed by atoms with van der Waals surface area (Å²) in [7, 11) is -4.12. The zero-order valence-electron chi connectivity index (χ0n) is 13.9. The van der Waals surface area contributed by atoms with Gasteiger partial charge >= 0.3 is 5.97 Å². The first-order valence-corrected chi connectivity index (χ1v) is 9.73. The normalized spacial score (nSPS) is 10.7. The highest BCUT2D eigenvalue weighted by Gasteiger charge is 2.27. The number of hydrogen-bond donors (Lipinski definition) is 0. The fraction of sp³-hybridized carbons (Fsp3) is 0.111. The van der Waals surface area contributed by atoms with Crippen molar-refractivity contribution >= 4 is 44.9 Å². The van der Waals surface area contributed by atoms with Crippen molar-refractivity contribution in [3.05, 3.63) is 70.7 Å². The molecular formula is C18H14Cl2N2O4S. The highest BCUT2D eigenvalue weighted by molar-refractivity contribution is 7.93. The summed E-state index contributed by atoms with van der Waals surface area (Å²) in [5, 5.41) is 8.89. The summed E-state index contributed by atoms with van der Waals surface area (Å²) in [4.78, 5) is 11.7. The Hall–Kier alpha value is -2.53. The minimum atomic E-state index is -4.12. The molecule has 2 aromatic rings. The van der Waals surface area contributed by atoms with Crippen LogP contribution in [0.5, 0.6) is 0 Å². The Morgan fingerprint density at radius 3 is 2.48 bits per heavy atom. The van der Waals surface area contributed by atoms with Crippen LogP contribution in [0.2, 0.25) is 10.0 Å². The predicted molar refractivity (Wildman–Crippen MR) is 104 cm³/mol. The lowest BCUT2D eigenvalue weighted by atomic mass is 10.2. The van der Waals surface area contributed by atoms with Gasteiger partial charge in [-0.2, -0.15) is 5.26 Å². The number of ether oxygens (including phenoxy) is 1. The van der Waals surface area contributed by atoms with Gasteiger partial charge in [0.2, 0.25) is 0 Å². The van der Waals surface area contributed by atoms with Crippen LogP contribution in [0.25, 0.3) is 0 Å². The lowest BCUT2D eigenvalue weighted by molar-refractivity contribution is 0.0554. The largest absolute Gasteiger partial charge is 0.447 e. The van der Waals surface area contributed by atoms with Gasteiger partial charge in [-0.05, 0) is 42.5 Å². The molecule has 27 heavy (non-hydrogen) atoms. The molecule has 0 fully saturated rings. The number of sulfonamides is 1. The van der Waals surface area contributed by atoms with E-state index in [0.717, 1.165) is 10.4 Å². The maximum absolute atomic E-state index is 13.2. The molecule has 0 saturated heterocycles. The molecule has 0 radical (unpaired) electrons. The van der Waals surface area contributed by atoms with Crippen molar-refractivity contribution in [3.8, 4) is 6.07 Å². The number of benzene rings is 2. The first-order chi connectivity index (χ1) is 12.8. The summed E-state index contributed by atoms with van der Waals surface area (Å²) >= 11 is 12.0. The number of nitriles is 1. The third-order valence-corrected chi connectivity index (χ3v) is 5.94. The van der Waals surface area contributed by atoms with Crippen molar-refractivity contribution < 1.29 is 17.9 Å². The number of esters is 1. The van der Waals surface area contributed by atoms with E-state index in [0.29, 0.717) is 10.7 Å². The molecule has 0 N–H and O–H groups in total. The smallest absolute Gasteiger partial charge is 0.339 e. The Kier molecular flexibility index (Phi) is 6.86. The molecule has 0 spiro atoms. The molecule has 9 heteroatoms. The molecule has 0 saturated carbocycles. The molecule has 2 aromatic carbocycles. The van der Waals surface area contributed by atoms with Crippen LogP contribution in [-0.2, 0) is 14.8 Å². The Morgan fingerprint density at radius 2 is 1.89 bits per heavy atom. The van der Waals surface area contributed by atoms with Gasteiger partial charge in [-0.3, -0.25) is 4.31 Å². The van der Waals surface area contributed by atoms with E-state index < -0.39 is 22.6 Å². The monoisotopic (exact) mass is 424 g/mol. The van der Waals surface area contributed by atoms with E-state index >= 15 is 0 Å². The quantitative estimate of drug-likeness (QED) is 0.493. The van der Waals surface area contributed by atoms with Gasteiger partial charge < -0.3 is 4.74 Å². The molecule has 0 aliphatic rings. The van der Waals surface area contributed by atoms with Crippen molar-refractivity contribution in [2.75, 3.05) is 17.5 Å². The molecule has 2 rings (SSSR count). The second-order valence-electron chi connectivity index (χ2n) is 5.18. The zero-order valence-corrected chi connectivity index (χ0v) is 16.3. The summed E-state index contributed by atoms with van der Waals surface area (Å²) < 4.78 is 32.1. The Balaban J connectivity index is 2.52. The van der Waals surface area contributed by atoms with Gasteiger partial charge in [0.15, 0.2) is 6.61 Å². The molecule has 0 bridgehead atoms. The van der Waals surface area contributed by atoms with Crippen molar-refractivity contribution in [1.82, 2.24) is 0 Å². The summed E-state index contributed by atoms with van der Waals surface area (Å²) in [6.45, 7) is 3.11. The number of nitrogens with zero attached hydrogens (tertiary/aromatic N) is 2. The third-order valence-electron chi connectivity index (χ3n) is 3.41. The fourth-order valence-electron chi connectivity index (χ4n) is 2.19. The van der Waals surface area contributed by atoms with Crippen LogP contribution in [-0.4, -0.2) is 27.5 Å². The molecule has 0 aromatic heterocycles. The van der Waals surface area contributed by atoms with Crippen LogP contribution in [0.1, 0.15) is 10.4 Å². The van der Waals surface area contributed by atoms with Gasteiger partial charge in [-0.15, -0.1) is 6.58 Å². The maximum Gasteiger partial charge on any atom is 0.339 e. The van der Waals surface area contributed by atoms with E-state index in [9.17, 15) is 13.2 Å². The second kappa shape index (κ2) is 8.91. The highest BCUT2D eigenvalue weighted by Crippen LogP contribution is 2.30. The molecular weight excluding hydrogens is 411 g/mol. The zero-order chi connectivity index (χ0) is 20.0. The maximum atomic E-state index is 13.2. The number of rotatable bonds is 7. The van der Waals surface area contributed by atoms with Crippen molar-refractivity contribution in [2.24, 2.45) is 0 Å². The Bertz CT molecular complexity index is 999. The van der Waals surface area contributed by atoms with Gasteiger partial charge in [-0.1, -0.05) is 29.3 Å². The topological polar surface area (TPSA) is 87.5 Å². The Morgan fingerprint density at radius 1 is 1.22 bits per heavy atom. The van der Waals surface area contributed by atoms with Crippen LogP contribution >= 0.6 is 23.2 Å². The number of hydrogen-bond acceptors (Lipinski definition) is 5. The fourth-order valence-corrected chi connectivity index (χ4v) is 4.26. The summed E-state index contributed by atoms with van der Waals surface area (Å²) in [5.41, 5.74) is 0.315. The van der Waals surface area contributed by atoms with E-state index in [-0.39, 0.29) is 22.0 Å². The van der Waals surface area contributed by atoms with E-state index in [4.69, 9.17) is 33.2 Å². The van der Waals surface area contributed by atoms with Crippen LogP contribution in [0, 0.1) is 11.3 Å². The SMILES string of the molecule is C=CCN(c1ccc(Cl)cc1)S(=O)(=O)c1cc(C(=O)OCC#N)ccc1Cl. The molecule has 0 aliphatic carbocycles. The van der Waals surface area contributed by atoms with Crippen LogP contribution in [0.4, 0.5) is 5.69 Å². The lowest BCUT2D eigenvalue weighted by Gasteiger charge is -2.24. The van der Waals surface area contributed by atoms with Crippen LogP contribution < -0.4 is 4.31 Å². The lowest BCUT2D eigenvalue weighted by Crippen LogP contribution is -2.31. The average Bonchev–Trinajstić information content (AvgIpc) is 2.65. The molecule has 0 amide bonds. The summed E-state index contributed by atoms with van der Waals surface area (Å²) in [6.07, 6.45) is 1.42. The van der Waals surface area contributed by atoms with E-state index in [2.05, 4.69) is 6.58 Å². The number of carbonyl (C=O) groups is 1. The van der Waals surface area contributed by atoms with Gasteiger partial charge in [0.05, 0.1) is 22.8 Å². The third kappa shape index (κ3) is 4.80.